The molecule has 0 saturated heterocycles. The minimum Gasteiger partial charge on any atom is -0.351 e. The number of benzene rings is 4. The molecule has 0 atom stereocenters. The van der Waals surface area contributed by atoms with Gasteiger partial charge >= 0.3 is 0 Å². The van der Waals surface area contributed by atoms with Crippen molar-refractivity contribution in [2.45, 2.75) is 0 Å². The maximum absolute atomic E-state index is 2.25. The monoisotopic (exact) mass is 411 g/mol. The van der Waals surface area contributed by atoms with Gasteiger partial charge in [0, 0.05) is 18.9 Å². The molecule has 0 heterocycles. The van der Waals surface area contributed by atoms with Crippen LogP contribution < -0.4 is 4.90 Å². The molecule has 0 unspecified atom stereocenters. The smallest absolute Gasteiger partial charge is 0.0403 e. The van der Waals surface area contributed by atoms with Crippen molar-refractivity contribution in [3.63, 3.8) is 0 Å². The van der Waals surface area contributed by atoms with E-state index in [1.165, 1.54) is 39.0 Å². The first kappa shape index (κ1) is 19.8. The summed E-state index contributed by atoms with van der Waals surface area (Å²) in [5.41, 5.74) is 10.0. The highest BCUT2D eigenvalue weighted by molar-refractivity contribution is 6.24. The molecule has 5 rings (SSSR count). The van der Waals surface area contributed by atoms with E-state index in [4.69, 9.17) is 0 Å². The standard InChI is InChI=1S/C31H25N/c1-32(26-18-9-4-10-19-26)23-13-22-29-27-20-11-12-21-28(27)30(24-14-5-2-6-15-24)31(29)25-16-7-3-8-17-25/h2-23H,1H3. The summed E-state index contributed by atoms with van der Waals surface area (Å²) in [4.78, 5) is 2.14. The van der Waals surface area contributed by atoms with Crippen LogP contribution in [0.3, 0.4) is 0 Å². The second-order valence-corrected chi connectivity index (χ2v) is 7.90. The topological polar surface area (TPSA) is 3.24 Å². The number of rotatable bonds is 5. The van der Waals surface area contributed by atoms with Crippen LogP contribution in [0.15, 0.2) is 134 Å². The van der Waals surface area contributed by atoms with Crippen LogP contribution in [0, 0.1) is 0 Å². The summed E-state index contributed by atoms with van der Waals surface area (Å²) in [7, 11) is 2.08. The average Bonchev–Trinajstić information content (AvgIpc) is 3.20. The quantitative estimate of drug-likeness (QED) is 0.325. The van der Waals surface area contributed by atoms with Gasteiger partial charge in [-0.1, -0.05) is 109 Å². The van der Waals surface area contributed by atoms with E-state index in [1.807, 2.05) is 6.07 Å². The first-order chi connectivity index (χ1) is 15.8. The Morgan fingerprint density at radius 2 is 1.03 bits per heavy atom. The first-order valence-electron chi connectivity index (χ1n) is 10.9. The Hall–Kier alpha value is -4.10. The fourth-order valence-electron chi connectivity index (χ4n) is 4.34. The number of nitrogens with zero attached hydrogens (tertiary/aromatic N) is 1. The second-order valence-electron chi connectivity index (χ2n) is 7.90. The van der Waals surface area contributed by atoms with Crippen LogP contribution in [0.5, 0.6) is 0 Å². The van der Waals surface area contributed by atoms with E-state index in [0.29, 0.717) is 0 Å². The molecule has 1 nitrogen and oxygen atoms in total. The minimum absolute atomic E-state index is 1.16. The lowest BCUT2D eigenvalue weighted by Crippen LogP contribution is -2.06. The Balaban J connectivity index is 1.66. The van der Waals surface area contributed by atoms with E-state index in [2.05, 4.69) is 139 Å². The fraction of sp³-hybridized carbons (Fsp3) is 0.0323. The van der Waals surface area contributed by atoms with Crippen molar-refractivity contribution < 1.29 is 0 Å². The summed E-state index contributed by atoms with van der Waals surface area (Å²) < 4.78 is 0. The van der Waals surface area contributed by atoms with E-state index < -0.39 is 0 Å². The molecule has 4 aromatic carbocycles. The van der Waals surface area contributed by atoms with Crippen LogP contribution >= 0.6 is 0 Å². The normalized spacial score (nSPS) is 14.2. The molecule has 0 saturated carbocycles. The largest absolute Gasteiger partial charge is 0.351 e. The Bertz CT molecular complexity index is 1300. The predicted molar refractivity (Wildman–Crippen MR) is 137 cm³/mol. The molecule has 0 aromatic heterocycles. The van der Waals surface area contributed by atoms with Crippen molar-refractivity contribution in [2.75, 3.05) is 11.9 Å². The molecule has 0 bridgehead atoms. The third kappa shape index (κ3) is 3.81. The summed E-state index contributed by atoms with van der Waals surface area (Å²) in [6.07, 6.45) is 6.51. The van der Waals surface area contributed by atoms with Crippen molar-refractivity contribution in [1.29, 1.82) is 0 Å². The van der Waals surface area contributed by atoms with E-state index in [-0.39, 0.29) is 0 Å². The van der Waals surface area contributed by atoms with Gasteiger partial charge in [-0.3, -0.25) is 0 Å². The van der Waals surface area contributed by atoms with Gasteiger partial charge in [0.05, 0.1) is 0 Å². The van der Waals surface area contributed by atoms with Crippen LogP contribution in [0.2, 0.25) is 0 Å². The SMILES string of the molecule is CN(C=CC=C1C(c2ccccc2)=C(c2ccccc2)c2ccccc21)c1ccccc1. The van der Waals surface area contributed by atoms with E-state index in [0.717, 1.165) is 5.69 Å². The van der Waals surface area contributed by atoms with Gasteiger partial charge in [-0.25, -0.2) is 0 Å². The Morgan fingerprint density at radius 1 is 0.531 bits per heavy atom. The van der Waals surface area contributed by atoms with Gasteiger partial charge in [0.2, 0.25) is 0 Å². The van der Waals surface area contributed by atoms with Gasteiger partial charge in [-0.2, -0.15) is 0 Å². The molecular weight excluding hydrogens is 386 g/mol. The molecular formula is C31H25N. The van der Waals surface area contributed by atoms with Crippen LogP contribution in [0.1, 0.15) is 22.3 Å². The molecule has 1 aliphatic rings. The van der Waals surface area contributed by atoms with E-state index >= 15 is 0 Å². The number of allylic oxidation sites excluding steroid dienone is 4. The zero-order valence-corrected chi connectivity index (χ0v) is 18.1. The molecule has 0 aliphatic heterocycles. The predicted octanol–water partition coefficient (Wildman–Crippen LogP) is 7.69. The lowest BCUT2D eigenvalue weighted by atomic mass is 9.93. The highest BCUT2D eigenvalue weighted by atomic mass is 15.1. The molecule has 0 N–H and O–H groups in total. The van der Waals surface area contributed by atoms with Gasteiger partial charge in [0.1, 0.15) is 0 Å². The number of fused-ring (bicyclic) bond motifs is 1. The van der Waals surface area contributed by atoms with Gasteiger partial charge in [-0.15, -0.1) is 0 Å². The lowest BCUT2D eigenvalue weighted by Gasteiger charge is -2.13. The molecule has 0 radical (unpaired) electrons. The lowest BCUT2D eigenvalue weighted by molar-refractivity contribution is 1.20. The highest BCUT2D eigenvalue weighted by Crippen LogP contribution is 2.48. The molecule has 0 spiro atoms. The average molecular weight is 412 g/mol. The fourth-order valence-corrected chi connectivity index (χ4v) is 4.34. The Labute approximate surface area is 190 Å². The van der Waals surface area contributed by atoms with Gasteiger partial charge < -0.3 is 4.90 Å². The summed E-state index contributed by atoms with van der Waals surface area (Å²) in [6, 6.07) is 40.6. The van der Waals surface area contributed by atoms with Crippen LogP contribution in [0.4, 0.5) is 5.69 Å². The number of hydrogen-bond donors (Lipinski definition) is 0. The van der Waals surface area contributed by atoms with E-state index in [1.54, 1.807) is 0 Å². The molecule has 32 heavy (non-hydrogen) atoms. The van der Waals surface area contributed by atoms with Crippen LogP contribution in [-0.2, 0) is 0 Å². The van der Waals surface area contributed by atoms with Crippen molar-refractivity contribution in [3.05, 3.63) is 156 Å². The zero-order valence-electron chi connectivity index (χ0n) is 18.1. The molecule has 1 heteroatoms. The number of anilines is 1. The summed E-state index contributed by atoms with van der Waals surface area (Å²) in [6.45, 7) is 0. The third-order valence-electron chi connectivity index (χ3n) is 5.87. The highest BCUT2D eigenvalue weighted by Gasteiger charge is 2.27. The molecule has 4 aromatic rings. The van der Waals surface area contributed by atoms with Crippen LogP contribution in [-0.4, -0.2) is 7.05 Å². The summed E-state index contributed by atoms with van der Waals surface area (Å²) >= 11 is 0. The van der Waals surface area contributed by atoms with Crippen molar-refractivity contribution in [1.82, 2.24) is 0 Å². The molecule has 154 valence electrons. The first-order valence-corrected chi connectivity index (χ1v) is 10.9. The Morgan fingerprint density at radius 3 is 1.66 bits per heavy atom. The minimum atomic E-state index is 1.16. The third-order valence-corrected chi connectivity index (χ3v) is 5.87. The molecule has 0 amide bonds. The number of hydrogen-bond acceptors (Lipinski definition) is 1. The van der Waals surface area contributed by atoms with Crippen molar-refractivity contribution >= 4 is 22.4 Å². The second kappa shape index (κ2) is 8.95. The molecule has 0 fully saturated rings. The summed E-state index contributed by atoms with van der Waals surface area (Å²) in [5.74, 6) is 0. The summed E-state index contributed by atoms with van der Waals surface area (Å²) in [5, 5.41) is 0. The number of para-hydroxylation sites is 1. The van der Waals surface area contributed by atoms with Crippen LogP contribution in [0.25, 0.3) is 16.7 Å². The maximum Gasteiger partial charge on any atom is 0.0403 e. The van der Waals surface area contributed by atoms with Gasteiger partial charge in [-0.05, 0) is 57.2 Å². The van der Waals surface area contributed by atoms with Crippen molar-refractivity contribution in [2.24, 2.45) is 0 Å². The maximum atomic E-state index is 2.25. The van der Waals surface area contributed by atoms with E-state index in [9.17, 15) is 0 Å². The zero-order chi connectivity index (χ0) is 21.8. The Kier molecular flexibility index (Phi) is 5.55. The molecule has 1 aliphatic carbocycles. The van der Waals surface area contributed by atoms with Gasteiger partial charge in [0.15, 0.2) is 0 Å². The van der Waals surface area contributed by atoms with Gasteiger partial charge in [0.25, 0.3) is 0 Å². The van der Waals surface area contributed by atoms with Crippen molar-refractivity contribution in [3.8, 4) is 0 Å².